The summed E-state index contributed by atoms with van der Waals surface area (Å²) >= 11 is 0. The molecule has 0 unspecified atom stereocenters. The van der Waals surface area contributed by atoms with Crippen LogP contribution in [0.1, 0.15) is 0 Å². The first kappa shape index (κ1) is 29.2. The van der Waals surface area contributed by atoms with Crippen molar-refractivity contribution >= 4 is 41.8 Å². The molecule has 0 aliphatic rings. The Hall–Kier alpha value is -4.30. The molecule has 0 radical (unpaired) electrons. The molecule has 0 aliphatic heterocycles. The first-order chi connectivity index (χ1) is 19.6. The maximum absolute atomic E-state index is 13.6. The smallest absolute Gasteiger partial charge is 0.375 e. The van der Waals surface area contributed by atoms with Crippen molar-refractivity contribution in [1.82, 2.24) is 0 Å². The summed E-state index contributed by atoms with van der Waals surface area (Å²) in [7, 11) is -12.6. The molecule has 14 heteroatoms. The van der Waals surface area contributed by atoms with Crippen LogP contribution in [0.2, 0.25) is 0 Å². The highest BCUT2D eigenvalue weighted by Crippen LogP contribution is 2.51. The minimum atomic E-state index is -6.34. The highest BCUT2D eigenvalue weighted by atomic mass is 32.2. The second-order valence-corrected chi connectivity index (χ2v) is 11.9. The van der Waals surface area contributed by atoms with Gasteiger partial charge in [-0.3, -0.25) is 0 Å². The van der Waals surface area contributed by atoms with E-state index < -0.39 is 53.9 Å². The van der Waals surface area contributed by atoms with E-state index in [2.05, 4.69) is 4.18 Å². The summed E-state index contributed by atoms with van der Waals surface area (Å²) in [6.45, 7) is 0. The number of hydrogen-bond donors (Lipinski definition) is 0. The van der Waals surface area contributed by atoms with E-state index in [1.54, 1.807) is 18.2 Å². The Morgan fingerprint density at radius 1 is 0.524 bits per heavy atom. The van der Waals surface area contributed by atoms with E-state index in [0.29, 0.717) is 10.8 Å². The van der Waals surface area contributed by atoms with Gasteiger partial charge in [0.25, 0.3) is 0 Å². The van der Waals surface area contributed by atoms with E-state index in [-0.39, 0.29) is 21.9 Å². The number of benzene rings is 5. The summed E-state index contributed by atoms with van der Waals surface area (Å²) in [5.74, 6) is -1.82. The SMILES string of the molecule is O=S(=O)(Oc1ccc2ccccc2c1-c1c(OS(=O)(=O)C(F)(F)F)c(-c2ccccc2)cc2ccccc12)C(F)(F)F. The van der Waals surface area contributed by atoms with E-state index in [0.717, 1.165) is 6.07 Å². The lowest BCUT2D eigenvalue weighted by atomic mass is 9.89. The van der Waals surface area contributed by atoms with E-state index in [4.69, 9.17) is 4.18 Å². The lowest BCUT2D eigenvalue weighted by Gasteiger charge is -2.22. The summed E-state index contributed by atoms with van der Waals surface area (Å²) in [5.41, 5.74) is -12.6. The molecule has 0 spiro atoms. The van der Waals surface area contributed by atoms with Crippen LogP contribution in [-0.2, 0) is 20.2 Å². The maximum atomic E-state index is 13.6. The van der Waals surface area contributed by atoms with Gasteiger partial charge in [-0.05, 0) is 39.2 Å². The van der Waals surface area contributed by atoms with Crippen LogP contribution >= 0.6 is 0 Å². The van der Waals surface area contributed by atoms with Crippen LogP contribution in [0, 0.1) is 0 Å². The van der Waals surface area contributed by atoms with Crippen molar-refractivity contribution in [2.75, 3.05) is 0 Å². The van der Waals surface area contributed by atoms with Crippen LogP contribution < -0.4 is 8.37 Å². The fraction of sp³-hybridized carbons (Fsp3) is 0.0714. The van der Waals surface area contributed by atoms with Crippen LogP contribution in [0.4, 0.5) is 26.3 Å². The van der Waals surface area contributed by atoms with Crippen LogP contribution in [0.5, 0.6) is 11.5 Å². The number of fused-ring (bicyclic) bond motifs is 2. The van der Waals surface area contributed by atoms with Crippen molar-refractivity contribution in [2.45, 2.75) is 11.0 Å². The van der Waals surface area contributed by atoms with Crippen molar-refractivity contribution in [3.63, 3.8) is 0 Å². The normalized spacial score (nSPS) is 12.9. The second kappa shape index (κ2) is 10.2. The first-order valence-corrected chi connectivity index (χ1v) is 14.6. The monoisotopic (exact) mass is 626 g/mol. The molecule has 42 heavy (non-hydrogen) atoms. The van der Waals surface area contributed by atoms with Gasteiger partial charge < -0.3 is 8.37 Å². The van der Waals surface area contributed by atoms with Crippen molar-refractivity contribution in [3.8, 4) is 33.8 Å². The number of rotatable bonds is 6. The zero-order chi connectivity index (χ0) is 30.5. The summed E-state index contributed by atoms with van der Waals surface area (Å²) in [5, 5.41) is 0.718. The quantitative estimate of drug-likeness (QED) is 0.109. The Balaban J connectivity index is 2.00. The van der Waals surface area contributed by atoms with Crippen LogP contribution in [-0.4, -0.2) is 27.9 Å². The molecule has 0 saturated carbocycles. The molecular weight excluding hydrogens is 610 g/mol. The Morgan fingerprint density at radius 3 is 1.62 bits per heavy atom. The fourth-order valence-electron chi connectivity index (χ4n) is 4.40. The highest BCUT2D eigenvalue weighted by molar-refractivity contribution is 7.88. The molecule has 0 saturated heterocycles. The van der Waals surface area contributed by atoms with E-state index >= 15 is 0 Å². The Labute approximate surface area is 235 Å². The molecule has 5 aromatic carbocycles. The van der Waals surface area contributed by atoms with Crippen LogP contribution in [0.25, 0.3) is 43.8 Å². The Kier molecular flexibility index (Phi) is 7.10. The van der Waals surface area contributed by atoms with Gasteiger partial charge in [-0.15, -0.1) is 0 Å². The molecule has 0 N–H and O–H groups in total. The average molecular weight is 627 g/mol. The molecule has 0 fully saturated rings. The number of halogens is 6. The van der Waals surface area contributed by atoms with Crippen LogP contribution in [0.15, 0.2) is 97.1 Å². The summed E-state index contributed by atoms with van der Waals surface area (Å²) in [6, 6.07) is 22.9. The lowest BCUT2D eigenvalue weighted by Crippen LogP contribution is -2.29. The van der Waals surface area contributed by atoms with Gasteiger partial charge in [0.1, 0.15) is 0 Å². The molecule has 0 amide bonds. The number of alkyl halides is 6. The molecule has 0 aromatic heterocycles. The molecule has 6 nitrogen and oxygen atoms in total. The lowest BCUT2D eigenvalue weighted by molar-refractivity contribution is -0.0505. The van der Waals surface area contributed by atoms with Gasteiger partial charge in [0.15, 0.2) is 11.5 Å². The largest absolute Gasteiger partial charge is 0.534 e. The summed E-state index contributed by atoms with van der Waals surface area (Å²) in [4.78, 5) is 0. The molecule has 218 valence electrons. The van der Waals surface area contributed by atoms with Crippen molar-refractivity contribution < 1.29 is 51.5 Å². The molecule has 0 bridgehead atoms. The predicted octanol–water partition coefficient (Wildman–Crippen LogP) is 7.78. The molecule has 0 atom stereocenters. The number of hydrogen-bond acceptors (Lipinski definition) is 6. The third kappa shape index (κ3) is 5.23. The standard InChI is InChI=1S/C28H16F6O6S2/c29-27(30,31)41(35,36)39-23-15-14-18-10-4-6-12-20(18)24(23)25-21-13-7-5-11-19(21)16-22(17-8-2-1-3-9-17)26(25)40-42(37,38)28(32,33)34/h1-16H. The van der Waals surface area contributed by atoms with E-state index in [9.17, 15) is 43.2 Å². The van der Waals surface area contributed by atoms with Gasteiger partial charge in [-0.2, -0.15) is 43.2 Å². The Bertz CT molecular complexity index is 2040. The Morgan fingerprint density at radius 2 is 1.02 bits per heavy atom. The average Bonchev–Trinajstić information content (AvgIpc) is 2.92. The fourth-order valence-corrected chi connectivity index (χ4v) is 5.35. The summed E-state index contributed by atoms with van der Waals surface area (Å²) in [6.07, 6.45) is 0. The van der Waals surface area contributed by atoms with Gasteiger partial charge in [-0.25, -0.2) is 0 Å². The minimum Gasteiger partial charge on any atom is -0.375 e. The van der Waals surface area contributed by atoms with Gasteiger partial charge in [-0.1, -0.05) is 84.9 Å². The van der Waals surface area contributed by atoms with Crippen molar-refractivity contribution in [3.05, 3.63) is 97.1 Å². The molecular formula is C28H16F6O6S2. The van der Waals surface area contributed by atoms with Gasteiger partial charge in [0, 0.05) is 16.7 Å². The van der Waals surface area contributed by atoms with Crippen LogP contribution in [0.3, 0.4) is 0 Å². The zero-order valence-corrected chi connectivity index (χ0v) is 22.4. The van der Waals surface area contributed by atoms with Gasteiger partial charge in [0.2, 0.25) is 0 Å². The highest BCUT2D eigenvalue weighted by Gasteiger charge is 2.50. The van der Waals surface area contributed by atoms with Gasteiger partial charge >= 0.3 is 31.3 Å². The van der Waals surface area contributed by atoms with E-state index in [1.807, 2.05) is 0 Å². The van der Waals surface area contributed by atoms with Crippen molar-refractivity contribution in [2.24, 2.45) is 0 Å². The van der Waals surface area contributed by atoms with Gasteiger partial charge in [0.05, 0.1) is 0 Å². The first-order valence-electron chi connectivity index (χ1n) is 11.8. The molecule has 5 aromatic rings. The zero-order valence-electron chi connectivity index (χ0n) is 20.8. The maximum Gasteiger partial charge on any atom is 0.534 e. The predicted molar refractivity (Wildman–Crippen MR) is 144 cm³/mol. The topological polar surface area (TPSA) is 86.7 Å². The molecule has 5 rings (SSSR count). The van der Waals surface area contributed by atoms with Crippen molar-refractivity contribution in [1.29, 1.82) is 0 Å². The summed E-state index contributed by atoms with van der Waals surface area (Å²) < 4.78 is 139. The molecule has 0 heterocycles. The molecule has 0 aliphatic carbocycles. The third-order valence-corrected chi connectivity index (χ3v) is 8.11. The second-order valence-electron chi connectivity index (χ2n) is 8.84. The van der Waals surface area contributed by atoms with E-state index in [1.165, 1.54) is 72.8 Å². The minimum absolute atomic E-state index is 0.0372. The third-order valence-electron chi connectivity index (χ3n) is 6.19.